The van der Waals surface area contributed by atoms with Gasteiger partial charge in [0.25, 0.3) is 0 Å². The number of benzene rings is 1. The van der Waals surface area contributed by atoms with Gasteiger partial charge in [-0.3, -0.25) is 0 Å². The number of nitrogens with zero attached hydrogens (tertiary/aromatic N) is 1. The minimum Gasteiger partial charge on any atom is -0.321 e. The van der Waals surface area contributed by atoms with Gasteiger partial charge in [-0.15, -0.1) is 0 Å². The standard InChI is InChI=1S/C17H26N2/c1-19-11-3-6-14(8-12-19)15-5-2-7-16(13-15)17(18)9-4-10-17/h2,5,7,13-14H,3-4,6,8-12,18H2,1H3. The van der Waals surface area contributed by atoms with Crippen LogP contribution in [0.3, 0.4) is 0 Å². The highest BCUT2D eigenvalue weighted by molar-refractivity contribution is 5.33. The van der Waals surface area contributed by atoms with Gasteiger partial charge in [-0.1, -0.05) is 24.3 Å². The Hall–Kier alpha value is -0.860. The number of likely N-dealkylation sites (tertiary alicyclic amines) is 1. The molecule has 1 aromatic carbocycles. The van der Waals surface area contributed by atoms with Gasteiger partial charge in [-0.05, 0) is 75.7 Å². The molecule has 2 aliphatic rings. The highest BCUT2D eigenvalue weighted by Gasteiger charge is 2.34. The van der Waals surface area contributed by atoms with E-state index in [2.05, 4.69) is 36.2 Å². The molecule has 1 unspecified atom stereocenters. The lowest BCUT2D eigenvalue weighted by atomic mass is 9.72. The van der Waals surface area contributed by atoms with Crippen molar-refractivity contribution >= 4 is 0 Å². The van der Waals surface area contributed by atoms with Crippen LogP contribution in [-0.2, 0) is 5.54 Å². The maximum atomic E-state index is 6.47. The van der Waals surface area contributed by atoms with Crippen molar-refractivity contribution in [3.8, 4) is 0 Å². The molecule has 2 fully saturated rings. The van der Waals surface area contributed by atoms with Crippen LogP contribution in [0.2, 0.25) is 0 Å². The molecule has 104 valence electrons. The Morgan fingerprint density at radius 1 is 1.16 bits per heavy atom. The summed E-state index contributed by atoms with van der Waals surface area (Å²) in [6.07, 6.45) is 7.53. The molecule has 2 N–H and O–H groups in total. The molecule has 3 rings (SSSR count). The summed E-state index contributed by atoms with van der Waals surface area (Å²) in [4.78, 5) is 2.46. The maximum absolute atomic E-state index is 6.47. The number of nitrogens with two attached hydrogens (primary N) is 1. The molecule has 19 heavy (non-hydrogen) atoms. The third-order valence-electron chi connectivity index (χ3n) is 5.13. The second kappa shape index (κ2) is 5.26. The first-order valence-corrected chi connectivity index (χ1v) is 7.75. The van der Waals surface area contributed by atoms with Crippen LogP contribution in [0.5, 0.6) is 0 Å². The molecule has 0 spiro atoms. The van der Waals surface area contributed by atoms with Gasteiger partial charge in [0.05, 0.1) is 0 Å². The first-order chi connectivity index (χ1) is 9.17. The maximum Gasteiger partial charge on any atom is 0.0409 e. The second-order valence-corrected chi connectivity index (χ2v) is 6.57. The van der Waals surface area contributed by atoms with Crippen molar-refractivity contribution in [1.29, 1.82) is 0 Å². The van der Waals surface area contributed by atoms with Crippen LogP contribution in [0.4, 0.5) is 0 Å². The van der Waals surface area contributed by atoms with Crippen LogP contribution in [0.1, 0.15) is 55.6 Å². The quantitative estimate of drug-likeness (QED) is 0.882. The average Bonchev–Trinajstić information content (AvgIpc) is 2.61. The minimum absolute atomic E-state index is 0.0163. The summed E-state index contributed by atoms with van der Waals surface area (Å²) in [5.74, 6) is 0.730. The summed E-state index contributed by atoms with van der Waals surface area (Å²) in [5, 5.41) is 0. The van der Waals surface area contributed by atoms with Crippen molar-refractivity contribution in [3.05, 3.63) is 35.4 Å². The first-order valence-electron chi connectivity index (χ1n) is 7.75. The van der Waals surface area contributed by atoms with Gasteiger partial charge in [-0.2, -0.15) is 0 Å². The smallest absolute Gasteiger partial charge is 0.0409 e. The molecule has 2 heteroatoms. The monoisotopic (exact) mass is 258 g/mol. The lowest BCUT2D eigenvalue weighted by Gasteiger charge is -2.39. The van der Waals surface area contributed by atoms with Crippen molar-refractivity contribution in [2.45, 2.75) is 50.0 Å². The van der Waals surface area contributed by atoms with Crippen molar-refractivity contribution in [2.24, 2.45) is 5.73 Å². The van der Waals surface area contributed by atoms with E-state index in [0.717, 1.165) is 18.8 Å². The van der Waals surface area contributed by atoms with Gasteiger partial charge in [-0.25, -0.2) is 0 Å². The highest BCUT2D eigenvalue weighted by Crippen LogP contribution is 2.40. The van der Waals surface area contributed by atoms with Crippen LogP contribution in [-0.4, -0.2) is 25.0 Å². The predicted molar refractivity (Wildman–Crippen MR) is 80.2 cm³/mol. The van der Waals surface area contributed by atoms with E-state index in [1.165, 1.54) is 49.9 Å². The molecule has 0 bridgehead atoms. The molecule has 0 radical (unpaired) electrons. The molecule has 1 atom stereocenters. The Balaban J connectivity index is 1.78. The van der Waals surface area contributed by atoms with E-state index >= 15 is 0 Å². The van der Waals surface area contributed by atoms with Crippen molar-refractivity contribution in [2.75, 3.05) is 20.1 Å². The lowest BCUT2D eigenvalue weighted by molar-refractivity contribution is 0.253. The molecule has 1 saturated heterocycles. The molecular formula is C17H26N2. The summed E-state index contributed by atoms with van der Waals surface area (Å²) in [6, 6.07) is 9.15. The molecule has 2 nitrogen and oxygen atoms in total. The molecule has 0 aromatic heterocycles. The van der Waals surface area contributed by atoms with E-state index in [1.807, 2.05) is 0 Å². The van der Waals surface area contributed by atoms with E-state index in [4.69, 9.17) is 5.73 Å². The molecular weight excluding hydrogens is 232 g/mol. The number of rotatable bonds is 2. The molecule has 1 saturated carbocycles. The van der Waals surface area contributed by atoms with Crippen LogP contribution in [0, 0.1) is 0 Å². The van der Waals surface area contributed by atoms with Gasteiger partial charge >= 0.3 is 0 Å². The molecule has 1 aromatic rings. The molecule has 1 aliphatic carbocycles. The zero-order valence-electron chi connectivity index (χ0n) is 12.1. The van der Waals surface area contributed by atoms with Crippen molar-refractivity contribution in [1.82, 2.24) is 4.90 Å². The van der Waals surface area contributed by atoms with Gasteiger partial charge in [0.2, 0.25) is 0 Å². The highest BCUT2D eigenvalue weighted by atomic mass is 15.1. The third-order valence-corrected chi connectivity index (χ3v) is 5.13. The van der Waals surface area contributed by atoms with Gasteiger partial charge in [0.15, 0.2) is 0 Å². The van der Waals surface area contributed by atoms with Crippen LogP contribution >= 0.6 is 0 Å². The Morgan fingerprint density at radius 3 is 2.74 bits per heavy atom. The summed E-state index contributed by atoms with van der Waals surface area (Å²) in [7, 11) is 2.24. The Labute approximate surface area is 117 Å². The van der Waals surface area contributed by atoms with Crippen LogP contribution < -0.4 is 5.73 Å². The fraction of sp³-hybridized carbons (Fsp3) is 0.647. The third kappa shape index (κ3) is 2.70. The summed E-state index contributed by atoms with van der Waals surface area (Å²) < 4.78 is 0. The number of hydrogen-bond donors (Lipinski definition) is 1. The van der Waals surface area contributed by atoms with Crippen molar-refractivity contribution in [3.63, 3.8) is 0 Å². The fourth-order valence-corrected chi connectivity index (χ4v) is 3.52. The molecule has 1 aliphatic heterocycles. The van der Waals surface area contributed by atoms with Gasteiger partial charge in [0.1, 0.15) is 0 Å². The summed E-state index contributed by atoms with van der Waals surface area (Å²) in [6.45, 7) is 2.47. The van der Waals surface area contributed by atoms with Gasteiger partial charge in [0, 0.05) is 5.54 Å². The largest absolute Gasteiger partial charge is 0.321 e. The Kier molecular flexibility index (Phi) is 3.64. The summed E-state index contributed by atoms with van der Waals surface area (Å²) >= 11 is 0. The van der Waals surface area contributed by atoms with Crippen LogP contribution in [0.25, 0.3) is 0 Å². The predicted octanol–water partition coefficient (Wildman–Crippen LogP) is 3.22. The van der Waals surface area contributed by atoms with E-state index in [1.54, 1.807) is 0 Å². The topological polar surface area (TPSA) is 29.3 Å². The zero-order chi connectivity index (χ0) is 13.3. The first kappa shape index (κ1) is 13.1. The van der Waals surface area contributed by atoms with E-state index < -0.39 is 0 Å². The normalized spacial score (nSPS) is 27.6. The minimum atomic E-state index is -0.0163. The Morgan fingerprint density at radius 2 is 2.00 bits per heavy atom. The summed E-state index contributed by atoms with van der Waals surface area (Å²) in [5.41, 5.74) is 9.34. The van der Waals surface area contributed by atoms with Gasteiger partial charge < -0.3 is 10.6 Å². The van der Waals surface area contributed by atoms with Crippen molar-refractivity contribution < 1.29 is 0 Å². The Bertz CT molecular complexity index is 437. The second-order valence-electron chi connectivity index (χ2n) is 6.57. The zero-order valence-corrected chi connectivity index (χ0v) is 12.1. The van der Waals surface area contributed by atoms with E-state index in [0.29, 0.717) is 0 Å². The van der Waals surface area contributed by atoms with Crippen LogP contribution in [0.15, 0.2) is 24.3 Å². The van der Waals surface area contributed by atoms with E-state index in [-0.39, 0.29) is 5.54 Å². The SMILES string of the molecule is CN1CCCC(c2cccc(C3(N)CCC3)c2)CC1. The number of hydrogen-bond acceptors (Lipinski definition) is 2. The fourth-order valence-electron chi connectivity index (χ4n) is 3.52. The average molecular weight is 258 g/mol. The molecule has 1 heterocycles. The van der Waals surface area contributed by atoms with E-state index in [9.17, 15) is 0 Å². The molecule has 0 amide bonds. The lowest BCUT2D eigenvalue weighted by Crippen LogP contribution is -2.43.